The van der Waals surface area contributed by atoms with Crippen molar-refractivity contribution >= 4 is 0 Å². The van der Waals surface area contributed by atoms with Crippen molar-refractivity contribution in [3.05, 3.63) is 36.5 Å². The number of unbranched alkanes of at least 4 members (excludes halogenated alkanes) is 3. The summed E-state index contributed by atoms with van der Waals surface area (Å²) in [7, 11) is 0. The van der Waals surface area contributed by atoms with Crippen molar-refractivity contribution in [3.8, 4) is 0 Å². The zero-order chi connectivity index (χ0) is 25.6. The molecule has 0 saturated heterocycles. The van der Waals surface area contributed by atoms with Gasteiger partial charge in [0.2, 0.25) is 0 Å². The van der Waals surface area contributed by atoms with Gasteiger partial charge in [0.15, 0.2) is 0 Å². The average Bonchev–Trinajstić information content (AvgIpc) is 3.60. The van der Waals surface area contributed by atoms with Crippen LogP contribution in [0, 0.1) is 58.7 Å². The van der Waals surface area contributed by atoms with Crippen LogP contribution in [0.2, 0.25) is 0 Å². The Hall–Kier alpha value is -0.820. The van der Waals surface area contributed by atoms with Gasteiger partial charge in [-0.05, 0) is 105 Å². The predicted molar refractivity (Wildman–Crippen MR) is 155 cm³/mol. The Labute approximate surface area is 219 Å². The summed E-state index contributed by atoms with van der Waals surface area (Å²) in [4.78, 5) is 0. The van der Waals surface area contributed by atoms with Crippen molar-refractivity contribution in [1.82, 2.24) is 0 Å². The van der Waals surface area contributed by atoms with Gasteiger partial charge in [-0.3, -0.25) is 0 Å². The lowest BCUT2D eigenvalue weighted by Gasteiger charge is -2.48. The van der Waals surface area contributed by atoms with Gasteiger partial charge in [-0.25, -0.2) is 0 Å². The summed E-state index contributed by atoms with van der Waals surface area (Å²) in [6.45, 7) is 19.3. The number of rotatable bonds is 14. The van der Waals surface area contributed by atoms with E-state index in [1.54, 1.807) is 5.57 Å². The molecule has 0 radical (unpaired) electrons. The van der Waals surface area contributed by atoms with E-state index in [2.05, 4.69) is 72.4 Å². The Balaban J connectivity index is 1.56. The fourth-order valence-electron chi connectivity index (χ4n) is 7.86. The summed E-state index contributed by atoms with van der Waals surface area (Å²) in [5.74, 6) is 7.91. The van der Waals surface area contributed by atoms with Gasteiger partial charge in [0.1, 0.15) is 0 Å². The minimum absolute atomic E-state index is 0.142. The summed E-state index contributed by atoms with van der Waals surface area (Å²) >= 11 is 0. The highest BCUT2D eigenvalue weighted by atomic mass is 14.6. The van der Waals surface area contributed by atoms with E-state index in [9.17, 15) is 0 Å². The number of fused-ring (bicyclic) bond motifs is 1. The molecule has 200 valence electrons. The highest BCUT2D eigenvalue weighted by Gasteiger charge is 2.50. The molecule has 1 heteroatoms. The van der Waals surface area contributed by atoms with E-state index in [4.69, 9.17) is 5.73 Å². The van der Waals surface area contributed by atoms with Crippen LogP contribution in [-0.2, 0) is 0 Å². The van der Waals surface area contributed by atoms with Crippen molar-refractivity contribution in [2.75, 3.05) is 6.54 Å². The molecule has 0 aliphatic heterocycles. The van der Waals surface area contributed by atoms with E-state index >= 15 is 0 Å². The molecule has 9 atom stereocenters. The second kappa shape index (κ2) is 13.1. The van der Waals surface area contributed by atoms with Crippen LogP contribution in [0.25, 0.3) is 0 Å². The summed E-state index contributed by atoms with van der Waals surface area (Å²) in [6, 6.07) is 0. The van der Waals surface area contributed by atoms with E-state index in [1.165, 1.54) is 64.2 Å². The molecule has 9 unspecified atom stereocenters. The molecule has 2 N–H and O–H groups in total. The van der Waals surface area contributed by atoms with Crippen LogP contribution < -0.4 is 5.73 Å². The van der Waals surface area contributed by atoms with Crippen LogP contribution in [0.15, 0.2) is 36.5 Å². The van der Waals surface area contributed by atoms with Crippen LogP contribution in [-0.4, -0.2) is 6.54 Å². The summed E-state index contributed by atoms with van der Waals surface area (Å²) in [5, 5.41) is 0. The molecule has 0 amide bonds. The number of hydrogen-bond donors (Lipinski definition) is 1. The lowest BCUT2D eigenvalue weighted by Crippen LogP contribution is -2.41. The quantitative estimate of drug-likeness (QED) is 0.194. The maximum Gasteiger partial charge on any atom is 0.0139 e. The van der Waals surface area contributed by atoms with Gasteiger partial charge in [-0.2, -0.15) is 0 Å². The molecule has 3 fully saturated rings. The molecule has 3 rings (SSSR count). The van der Waals surface area contributed by atoms with E-state index in [0.29, 0.717) is 5.92 Å². The second-order valence-electron chi connectivity index (χ2n) is 13.4. The minimum atomic E-state index is 0.142. The summed E-state index contributed by atoms with van der Waals surface area (Å²) in [5.41, 5.74) is 7.90. The molecule has 0 aromatic heterocycles. The first-order valence-corrected chi connectivity index (χ1v) is 15.5. The molecule has 0 heterocycles. The molecular formula is C34H59N. The highest BCUT2D eigenvalue weighted by molar-refractivity contribution is 5.18. The Morgan fingerprint density at radius 1 is 1.09 bits per heavy atom. The zero-order valence-corrected chi connectivity index (χ0v) is 24.3. The first kappa shape index (κ1) is 28.7. The number of nitrogens with two attached hydrogens (primary N) is 1. The van der Waals surface area contributed by atoms with Crippen LogP contribution in [0.5, 0.6) is 0 Å². The van der Waals surface area contributed by atoms with E-state index in [0.717, 1.165) is 60.3 Å². The molecule has 0 spiro atoms. The lowest BCUT2D eigenvalue weighted by molar-refractivity contribution is 0.00981. The van der Waals surface area contributed by atoms with Gasteiger partial charge < -0.3 is 5.73 Å². The van der Waals surface area contributed by atoms with Crippen molar-refractivity contribution in [2.45, 2.75) is 112 Å². The van der Waals surface area contributed by atoms with Crippen LogP contribution in [0.1, 0.15) is 112 Å². The van der Waals surface area contributed by atoms with Gasteiger partial charge in [-0.1, -0.05) is 90.7 Å². The Kier molecular flexibility index (Phi) is 10.8. The van der Waals surface area contributed by atoms with Gasteiger partial charge >= 0.3 is 0 Å². The first-order valence-electron chi connectivity index (χ1n) is 15.5. The van der Waals surface area contributed by atoms with Crippen LogP contribution in [0.4, 0.5) is 0 Å². The van der Waals surface area contributed by atoms with Crippen molar-refractivity contribution in [1.29, 1.82) is 0 Å². The Morgan fingerprint density at radius 3 is 2.49 bits per heavy atom. The maximum absolute atomic E-state index is 6.17. The summed E-state index contributed by atoms with van der Waals surface area (Å²) < 4.78 is 0. The van der Waals surface area contributed by atoms with E-state index in [1.807, 2.05) is 0 Å². The fourth-order valence-corrected chi connectivity index (χ4v) is 7.86. The van der Waals surface area contributed by atoms with Gasteiger partial charge in [0, 0.05) is 12.0 Å². The summed E-state index contributed by atoms with van der Waals surface area (Å²) in [6.07, 6.45) is 24.8. The standard InChI is InChI=1S/C34H59N/c1-8-11-12-13-14-27(23-35)32-22-28(32)20-30-21-29-19-26(16-15-25(6)33(29)30)31(24(4)5)17-18-34(7,9-2)10-3/h9,14,17-18,24-26,28-33H,2,8,10-13,15-16,19-23,35H2,1,3-7H3. The van der Waals surface area contributed by atoms with Crippen molar-refractivity contribution in [2.24, 2.45) is 64.4 Å². The third-order valence-electron chi connectivity index (χ3n) is 10.6. The largest absolute Gasteiger partial charge is 0.327 e. The minimum Gasteiger partial charge on any atom is -0.327 e. The molecule has 0 aromatic carbocycles. The fraction of sp³-hybridized carbons (Fsp3) is 0.824. The third-order valence-corrected chi connectivity index (χ3v) is 10.6. The molecule has 0 aromatic rings. The molecule has 35 heavy (non-hydrogen) atoms. The molecule has 3 saturated carbocycles. The van der Waals surface area contributed by atoms with Crippen molar-refractivity contribution < 1.29 is 0 Å². The molecule has 3 aliphatic carbocycles. The molecular weight excluding hydrogens is 422 g/mol. The lowest BCUT2D eigenvalue weighted by atomic mass is 9.57. The first-order chi connectivity index (χ1) is 16.8. The topological polar surface area (TPSA) is 26.0 Å². The van der Waals surface area contributed by atoms with Gasteiger partial charge in [0.05, 0.1) is 0 Å². The van der Waals surface area contributed by atoms with E-state index < -0.39 is 0 Å². The predicted octanol–water partition coefficient (Wildman–Crippen LogP) is 9.60. The monoisotopic (exact) mass is 481 g/mol. The molecule has 3 aliphatic rings. The number of allylic oxidation sites excluding steroid dienone is 4. The smallest absolute Gasteiger partial charge is 0.0139 e. The van der Waals surface area contributed by atoms with Gasteiger partial charge in [-0.15, -0.1) is 6.58 Å². The Morgan fingerprint density at radius 2 is 1.86 bits per heavy atom. The van der Waals surface area contributed by atoms with E-state index in [-0.39, 0.29) is 5.41 Å². The van der Waals surface area contributed by atoms with Crippen LogP contribution >= 0.6 is 0 Å². The van der Waals surface area contributed by atoms with Gasteiger partial charge in [0.25, 0.3) is 0 Å². The second-order valence-corrected chi connectivity index (χ2v) is 13.4. The average molecular weight is 482 g/mol. The molecule has 1 nitrogen and oxygen atoms in total. The third kappa shape index (κ3) is 7.37. The number of hydrogen-bond acceptors (Lipinski definition) is 1. The maximum atomic E-state index is 6.17. The van der Waals surface area contributed by atoms with Crippen LogP contribution in [0.3, 0.4) is 0 Å². The SMILES string of the molecule is C=CC(C)(C=CC(C(C)C)C1CCC(C)C2C(CC3CC3C(=CCCCCC)CN)CC2C1)CC. The normalized spacial score (nSPS) is 35.8. The molecule has 0 bridgehead atoms. The Bertz CT molecular complexity index is 716. The zero-order valence-electron chi connectivity index (χ0n) is 24.3. The highest BCUT2D eigenvalue weighted by Crippen LogP contribution is 2.59. The van der Waals surface area contributed by atoms with Crippen molar-refractivity contribution in [3.63, 3.8) is 0 Å².